The lowest BCUT2D eigenvalue weighted by atomic mass is 9.80. The zero-order valence-electron chi connectivity index (χ0n) is 7.25. The zero-order chi connectivity index (χ0) is 8.27. The monoisotopic (exact) mass is 175 g/mol. The molecule has 2 N–H and O–H groups in total. The van der Waals surface area contributed by atoms with E-state index in [-0.39, 0.29) is 0 Å². The van der Waals surface area contributed by atoms with E-state index in [4.69, 9.17) is 9.88 Å². The molecule has 0 saturated heterocycles. The van der Waals surface area contributed by atoms with Crippen molar-refractivity contribution in [3.63, 3.8) is 0 Å². The van der Waals surface area contributed by atoms with Gasteiger partial charge in [0.2, 0.25) is 0 Å². The molecule has 1 fully saturated rings. The van der Waals surface area contributed by atoms with E-state index in [9.17, 15) is 0 Å². The zero-order valence-corrected chi connectivity index (χ0v) is 8.06. The summed E-state index contributed by atoms with van der Waals surface area (Å²) in [6, 6.07) is 0. The van der Waals surface area contributed by atoms with E-state index in [1.54, 1.807) is 7.11 Å². The molecule has 3 heteroatoms. The standard InChI is InChI=1S/C8H17NOS/c1-6(11-9)8(10-2)7-4-3-5-7/h6-8H,3-5,9H2,1-2H3. The van der Waals surface area contributed by atoms with Gasteiger partial charge in [-0.3, -0.25) is 5.14 Å². The van der Waals surface area contributed by atoms with Gasteiger partial charge < -0.3 is 4.74 Å². The molecule has 1 rings (SSSR count). The summed E-state index contributed by atoms with van der Waals surface area (Å²) in [5.74, 6) is 0.769. The van der Waals surface area contributed by atoms with Gasteiger partial charge in [0.15, 0.2) is 0 Å². The third kappa shape index (κ3) is 2.10. The molecule has 0 aliphatic heterocycles. The molecule has 0 aromatic heterocycles. The Morgan fingerprint density at radius 2 is 2.18 bits per heavy atom. The molecule has 2 atom stereocenters. The first kappa shape index (κ1) is 9.36. The molecule has 0 amide bonds. The van der Waals surface area contributed by atoms with Crippen LogP contribution >= 0.6 is 11.9 Å². The van der Waals surface area contributed by atoms with Crippen LogP contribution in [0.4, 0.5) is 0 Å². The molecule has 0 bridgehead atoms. The van der Waals surface area contributed by atoms with E-state index in [1.807, 2.05) is 0 Å². The summed E-state index contributed by atoms with van der Waals surface area (Å²) in [7, 11) is 1.79. The van der Waals surface area contributed by atoms with Crippen LogP contribution in [0.15, 0.2) is 0 Å². The molecule has 1 aliphatic carbocycles. The lowest BCUT2D eigenvalue weighted by Crippen LogP contribution is -2.36. The van der Waals surface area contributed by atoms with Gasteiger partial charge in [0, 0.05) is 12.4 Å². The third-order valence-electron chi connectivity index (χ3n) is 2.56. The van der Waals surface area contributed by atoms with Crippen molar-refractivity contribution in [2.75, 3.05) is 7.11 Å². The highest BCUT2D eigenvalue weighted by Gasteiger charge is 2.30. The number of hydrogen-bond acceptors (Lipinski definition) is 3. The number of rotatable bonds is 4. The predicted molar refractivity (Wildman–Crippen MR) is 49.4 cm³/mol. The summed E-state index contributed by atoms with van der Waals surface area (Å²) in [5, 5.41) is 5.94. The van der Waals surface area contributed by atoms with E-state index >= 15 is 0 Å². The Bertz CT molecular complexity index is 112. The van der Waals surface area contributed by atoms with Gasteiger partial charge in [0.25, 0.3) is 0 Å². The number of ether oxygens (including phenoxy) is 1. The summed E-state index contributed by atoms with van der Waals surface area (Å²) < 4.78 is 5.41. The molecule has 66 valence electrons. The molecule has 0 heterocycles. The highest BCUT2D eigenvalue weighted by Crippen LogP contribution is 2.34. The van der Waals surface area contributed by atoms with Crippen LogP contribution in [-0.2, 0) is 4.74 Å². The van der Waals surface area contributed by atoms with Crippen molar-refractivity contribution in [2.24, 2.45) is 11.1 Å². The Kier molecular flexibility index (Phi) is 3.69. The molecular weight excluding hydrogens is 158 g/mol. The van der Waals surface area contributed by atoms with Crippen molar-refractivity contribution < 1.29 is 4.74 Å². The quantitative estimate of drug-likeness (QED) is 0.662. The lowest BCUT2D eigenvalue weighted by Gasteiger charge is -2.35. The van der Waals surface area contributed by atoms with Gasteiger partial charge in [-0.25, -0.2) is 0 Å². The molecule has 1 aliphatic rings. The number of nitrogens with two attached hydrogens (primary N) is 1. The van der Waals surface area contributed by atoms with Crippen molar-refractivity contribution in [3.8, 4) is 0 Å². The lowest BCUT2D eigenvalue weighted by molar-refractivity contribution is 0.0210. The summed E-state index contributed by atoms with van der Waals surface area (Å²) >= 11 is 1.41. The number of hydrogen-bond donors (Lipinski definition) is 1. The van der Waals surface area contributed by atoms with Gasteiger partial charge in [-0.1, -0.05) is 18.4 Å². The fourth-order valence-corrected chi connectivity index (χ4v) is 2.10. The minimum atomic E-state index is 0.374. The summed E-state index contributed by atoms with van der Waals surface area (Å²) in [5.41, 5.74) is 0. The fourth-order valence-electron chi connectivity index (χ4n) is 1.61. The van der Waals surface area contributed by atoms with Crippen molar-refractivity contribution in [2.45, 2.75) is 37.5 Å². The summed E-state index contributed by atoms with van der Waals surface area (Å²) in [6.45, 7) is 2.14. The maximum atomic E-state index is 5.50. The average molecular weight is 175 g/mol. The van der Waals surface area contributed by atoms with Crippen LogP contribution in [0.2, 0.25) is 0 Å². The Labute approximate surface area is 73.0 Å². The SMILES string of the molecule is COC(C1CCC1)C(C)SN. The van der Waals surface area contributed by atoms with E-state index in [0.29, 0.717) is 11.4 Å². The van der Waals surface area contributed by atoms with Gasteiger partial charge in [0.05, 0.1) is 6.10 Å². The topological polar surface area (TPSA) is 35.2 Å². The second kappa shape index (κ2) is 4.33. The van der Waals surface area contributed by atoms with Crippen molar-refractivity contribution >= 4 is 11.9 Å². The maximum Gasteiger partial charge on any atom is 0.0727 e. The molecule has 11 heavy (non-hydrogen) atoms. The van der Waals surface area contributed by atoms with Crippen LogP contribution in [0.3, 0.4) is 0 Å². The molecule has 0 aromatic carbocycles. The smallest absolute Gasteiger partial charge is 0.0727 e. The maximum absolute atomic E-state index is 5.50. The minimum absolute atomic E-state index is 0.374. The second-order valence-corrected chi connectivity index (χ2v) is 4.25. The largest absolute Gasteiger partial charge is 0.380 e. The first-order valence-corrected chi connectivity index (χ1v) is 5.12. The normalized spacial score (nSPS) is 24.3. The van der Waals surface area contributed by atoms with E-state index in [1.165, 1.54) is 31.2 Å². The van der Waals surface area contributed by atoms with Crippen LogP contribution in [0.25, 0.3) is 0 Å². The molecule has 2 nitrogen and oxygen atoms in total. The van der Waals surface area contributed by atoms with Gasteiger partial charge >= 0.3 is 0 Å². The second-order valence-electron chi connectivity index (χ2n) is 3.23. The number of methoxy groups -OCH3 is 1. The highest BCUT2D eigenvalue weighted by atomic mass is 32.2. The highest BCUT2D eigenvalue weighted by molar-refractivity contribution is 7.97. The molecular formula is C8H17NOS. The Morgan fingerprint density at radius 1 is 1.55 bits per heavy atom. The third-order valence-corrected chi connectivity index (χ3v) is 3.26. The van der Waals surface area contributed by atoms with Crippen LogP contribution in [0.1, 0.15) is 26.2 Å². The van der Waals surface area contributed by atoms with E-state index in [2.05, 4.69) is 6.92 Å². The molecule has 1 saturated carbocycles. The van der Waals surface area contributed by atoms with Gasteiger partial charge in [-0.05, 0) is 25.7 Å². The Hall–Kier alpha value is 0.270. The van der Waals surface area contributed by atoms with Gasteiger partial charge in [-0.15, -0.1) is 0 Å². The van der Waals surface area contributed by atoms with E-state index in [0.717, 1.165) is 5.92 Å². The van der Waals surface area contributed by atoms with Crippen molar-refractivity contribution in [1.29, 1.82) is 0 Å². The summed E-state index contributed by atoms with van der Waals surface area (Å²) in [4.78, 5) is 0. The Balaban J connectivity index is 2.34. The molecule has 0 spiro atoms. The average Bonchev–Trinajstić information content (AvgIpc) is 1.94. The molecule has 0 radical (unpaired) electrons. The predicted octanol–water partition coefficient (Wildman–Crippen LogP) is 1.80. The summed E-state index contributed by atoms with van der Waals surface area (Å²) in [6.07, 6.45) is 4.39. The first-order chi connectivity index (χ1) is 5.29. The Morgan fingerprint density at radius 3 is 2.45 bits per heavy atom. The first-order valence-electron chi connectivity index (χ1n) is 4.18. The van der Waals surface area contributed by atoms with Gasteiger partial charge in [0.1, 0.15) is 0 Å². The van der Waals surface area contributed by atoms with Crippen LogP contribution < -0.4 is 5.14 Å². The van der Waals surface area contributed by atoms with Crippen LogP contribution in [-0.4, -0.2) is 18.5 Å². The fraction of sp³-hybridized carbons (Fsp3) is 1.00. The van der Waals surface area contributed by atoms with Crippen molar-refractivity contribution in [1.82, 2.24) is 0 Å². The van der Waals surface area contributed by atoms with Crippen molar-refractivity contribution in [3.05, 3.63) is 0 Å². The van der Waals surface area contributed by atoms with Crippen LogP contribution in [0, 0.1) is 5.92 Å². The molecule has 2 unspecified atom stereocenters. The molecule has 0 aromatic rings. The van der Waals surface area contributed by atoms with Crippen LogP contribution in [0.5, 0.6) is 0 Å². The minimum Gasteiger partial charge on any atom is -0.380 e. The van der Waals surface area contributed by atoms with E-state index < -0.39 is 0 Å². The van der Waals surface area contributed by atoms with Gasteiger partial charge in [-0.2, -0.15) is 0 Å².